The number of aliphatic hydroxyl groups is 1. The van der Waals surface area contributed by atoms with E-state index in [1.807, 2.05) is 13.8 Å². The molecule has 1 N–H and O–H groups in total. The molecular weight excluding hydrogens is 428 g/mol. The summed E-state index contributed by atoms with van der Waals surface area (Å²) in [6.07, 6.45) is 2.47. The first-order chi connectivity index (χ1) is 15.6. The zero-order valence-electron chi connectivity index (χ0n) is 21.2. The predicted octanol–water partition coefficient (Wildman–Crippen LogP) is 4.88. The summed E-state index contributed by atoms with van der Waals surface area (Å²) in [5, 5.41) is 11.8. The molecule has 0 saturated carbocycles. The van der Waals surface area contributed by atoms with Gasteiger partial charge in [0.2, 0.25) is 0 Å². The fraction of sp³-hybridized carbons (Fsp3) is 0.571. The van der Waals surface area contributed by atoms with E-state index in [4.69, 9.17) is 13.9 Å². The third kappa shape index (κ3) is 5.95. The SMILES string of the molecule is C[C@H](CCCO)[C@H]1OC(C)(C)O[C@@H]1CCO[Si](c1ccccc1)(c1ccccc1)C(C)(C)C. The molecule has 0 spiro atoms. The van der Waals surface area contributed by atoms with E-state index in [-0.39, 0.29) is 23.9 Å². The van der Waals surface area contributed by atoms with Gasteiger partial charge in [0.1, 0.15) is 0 Å². The van der Waals surface area contributed by atoms with E-state index in [2.05, 4.69) is 88.4 Å². The summed E-state index contributed by atoms with van der Waals surface area (Å²) >= 11 is 0. The van der Waals surface area contributed by atoms with Crippen molar-refractivity contribution in [3.8, 4) is 0 Å². The highest BCUT2D eigenvalue weighted by atomic mass is 28.4. The fourth-order valence-electron chi connectivity index (χ4n) is 5.24. The standard InChI is InChI=1S/C28H42O4Si/c1-22(14-13-20-29)26-25(31-28(5,6)32-26)19-21-30-33(27(2,3)4,23-15-9-7-10-16-23)24-17-11-8-12-18-24/h7-12,15-18,22,25-26,29H,13-14,19-21H2,1-6H3/t22-,25-,26-/m1/s1. The van der Waals surface area contributed by atoms with Crippen molar-refractivity contribution < 1.29 is 19.0 Å². The fourth-order valence-corrected chi connectivity index (χ4v) is 9.82. The topological polar surface area (TPSA) is 47.9 Å². The van der Waals surface area contributed by atoms with Crippen LogP contribution in [0.15, 0.2) is 60.7 Å². The van der Waals surface area contributed by atoms with E-state index >= 15 is 0 Å². The highest BCUT2D eigenvalue weighted by Gasteiger charge is 2.50. The first-order valence-corrected chi connectivity index (χ1v) is 14.2. The molecule has 0 radical (unpaired) electrons. The van der Waals surface area contributed by atoms with Crippen LogP contribution >= 0.6 is 0 Å². The van der Waals surface area contributed by atoms with Gasteiger partial charge in [0.15, 0.2) is 5.79 Å². The highest BCUT2D eigenvalue weighted by Crippen LogP contribution is 2.38. The molecule has 0 unspecified atom stereocenters. The van der Waals surface area contributed by atoms with Gasteiger partial charge >= 0.3 is 0 Å². The van der Waals surface area contributed by atoms with Gasteiger partial charge in [-0.1, -0.05) is 88.4 Å². The van der Waals surface area contributed by atoms with Gasteiger partial charge in [-0.15, -0.1) is 0 Å². The second-order valence-electron chi connectivity index (χ2n) is 10.8. The predicted molar refractivity (Wildman–Crippen MR) is 137 cm³/mol. The first-order valence-electron chi connectivity index (χ1n) is 12.3. The summed E-state index contributed by atoms with van der Waals surface area (Å²) in [7, 11) is -2.56. The minimum atomic E-state index is -2.56. The van der Waals surface area contributed by atoms with Crippen molar-refractivity contribution in [1.29, 1.82) is 0 Å². The van der Waals surface area contributed by atoms with Gasteiger partial charge < -0.3 is 19.0 Å². The number of benzene rings is 2. The minimum Gasteiger partial charge on any atom is -0.407 e. The zero-order valence-corrected chi connectivity index (χ0v) is 22.2. The molecule has 1 heterocycles. The summed E-state index contributed by atoms with van der Waals surface area (Å²) in [6.45, 7) is 13.9. The maximum absolute atomic E-state index is 9.26. The average molecular weight is 471 g/mol. The van der Waals surface area contributed by atoms with Gasteiger partial charge in [0, 0.05) is 13.2 Å². The van der Waals surface area contributed by atoms with Gasteiger partial charge in [-0.2, -0.15) is 0 Å². The lowest BCUT2D eigenvalue weighted by atomic mass is 9.94. The van der Waals surface area contributed by atoms with Crippen LogP contribution in [0, 0.1) is 5.92 Å². The Labute approximate surface area is 201 Å². The molecule has 0 aliphatic carbocycles. The van der Waals surface area contributed by atoms with Crippen LogP contribution in [-0.4, -0.2) is 44.6 Å². The van der Waals surface area contributed by atoms with Gasteiger partial charge in [-0.05, 0) is 54.4 Å². The maximum Gasteiger partial charge on any atom is 0.261 e. The maximum atomic E-state index is 9.26. The van der Waals surface area contributed by atoms with Gasteiger partial charge in [-0.25, -0.2) is 0 Å². The van der Waals surface area contributed by atoms with E-state index < -0.39 is 14.1 Å². The van der Waals surface area contributed by atoms with Gasteiger partial charge in [-0.3, -0.25) is 0 Å². The van der Waals surface area contributed by atoms with Crippen molar-refractivity contribution in [1.82, 2.24) is 0 Å². The van der Waals surface area contributed by atoms with Crippen molar-refractivity contribution >= 4 is 18.7 Å². The third-order valence-electron chi connectivity index (χ3n) is 6.74. The Balaban J connectivity index is 1.86. The minimum absolute atomic E-state index is 0.00861. The third-order valence-corrected chi connectivity index (χ3v) is 11.8. The smallest absolute Gasteiger partial charge is 0.261 e. The Morgan fingerprint density at radius 3 is 2.00 bits per heavy atom. The molecule has 2 aromatic carbocycles. The quantitative estimate of drug-likeness (QED) is 0.503. The summed E-state index contributed by atoms with van der Waals surface area (Å²) < 4.78 is 19.7. The summed E-state index contributed by atoms with van der Waals surface area (Å²) in [5.74, 6) is -0.281. The second kappa shape index (κ2) is 10.8. The Morgan fingerprint density at radius 1 is 0.970 bits per heavy atom. The van der Waals surface area contributed by atoms with Crippen LogP contribution in [0.4, 0.5) is 0 Å². The van der Waals surface area contributed by atoms with E-state index in [1.165, 1.54) is 10.4 Å². The average Bonchev–Trinajstić information content (AvgIpc) is 3.10. The number of ether oxygens (including phenoxy) is 2. The number of rotatable bonds is 10. The molecule has 1 aliphatic rings. The summed E-state index contributed by atoms with van der Waals surface area (Å²) in [5.41, 5.74) is 0. The zero-order chi connectivity index (χ0) is 24.1. The first kappa shape index (κ1) is 26.1. The molecule has 1 fully saturated rings. The van der Waals surface area contributed by atoms with Crippen molar-refractivity contribution in [3.05, 3.63) is 60.7 Å². The molecule has 0 amide bonds. The number of hydrogen-bond donors (Lipinski definition) is 1. The Kier molecular flexibility index (Phi) is 8.57. The lowest BCUT2D eigenvalue weighted by molar-refractivity contribution is -0.150. The molecule has 0 bridgehead atoms. The van der Waals surface area contributed by atoms with Crippen LogP contribution in [0.2, 0.25) is 5.04 Å². The van der Waals surface area contributed by atoms with E-state index in [9.17, 15) is 5.11 Å². The highest BCUT2D eigenvalue weighted by molar-refractivity contribution is 6.99. The lowest BCUT2D eigenvalue weighted by Gasteiger charge is -2.43. The summed E-state index contributed by atoms with van der Waals surface area (Å²) in [4.78, 5) is 0. The van der Waals surface area contributed by atoms with E-state index in [1.54, 1.807) is 0 Å². The Hall–Kier alpha value is -1.50. The molecule has 3 atom stereocenters. The Morgan fingerprint density at radius 2 is 1.52 bits per heavy atom. The van der Waals surface area contributed by atoms with Crippen LogP contribution in [0.3, 0.4) is 0 Å². The normalized spacial score (nSPS) is 21.8. The van der Waals surface area contributed by atoms with Crippen molar-refractivity contribution in [2.75, 3.05) is 13.2 Å². The number of hydrogen-bond acceptors (Lipinski definition) is 4. The lowest BCUT2D eigenvalue weighted by Crippen LogP contribution is -2.66. The van der Waals surface area contributed by atoms with Crippen molar-refractivity contribution in [2.24, 2.45) is 5.92 Å². The van der Waals surface area contributed by atoms with Crippen LogP contribution < -0.4 is 10.4 Å². The molecule has 1 aliphatic heterocycles. The monoisotopic (exact) mass is 470 g/mol. The molecule has 33 heavy (non-hydrogen) atoms. The Bertz CT molecular complexity index is 808. The van der Waals surface area contributed by atoms with E-state index in [0.29, 0.717) is 12.5 Å². The van der Waals surface area contributed by atoms with E-state index in [0.717, 1.165) is 19.3 Å². The van der Waals surface area contributed by atoms with Crippen LogP contribution in [0.1, 0.15) is 60.8 Å². The molecule has 4 nitrogen and oxygen atoms in total. The van der Waals surface area contributed by atoms with Crippen LogP contribution in [0.25, 0.3) is 0 Å². The van der Waals surface area contributed by atoms with Gasteiger partial charge in [0.25, 0.3) is 8.32 Å². The molecule has 1 saturated heterocycles. The molecular formula is C28H42O4Si. The second-order valence-corrected chi connectivity index (χ2v) is 15.1. The van der Waals surface area contributed by atoms with Crippen molar-refractivity contribution in [2.45, 2.75) is 83.8 Å². The van der Waals surface area contributed by atoms with Crippen LogP contribution in [-0.2, 0) is 13.9 Å². The number of aliphatic hydroxyl groups excluding tert-OH is 1. The molecule has 2 aromatic rings. The molecule has 3 rings (SSSR count). The largest absolute Gasteiger partial charge is 0.407 e. The van der Waals surface area contributed by atoms with Gasteiger partial charge in [0.05, 0.1) is 12.2 Å². The molecule has 0 aromatic heterocycles. The van der Waals surface area contributed by atoms with Crippen LogP contribution in [0.5, 0.6) is 0 Å². The molecule has 5 heteroatoms. The van der Waals surface area contributed by atoms with Crippen molar-refractivity contribution in [3.63, 3.8) is 0 Å². The summed E-state index contributed by atoms with van der Waals surface area (Å²) in [6, 6.07) is 21.5. The molecule has 182 valence electrons.